The van der Waals surface area contributed by atoms with Crippen LogP contribution in [0.15, 0.2) is 24.3 Å². The minimum absolute atomic E-state index is 0.0436. The Bertz CT molecular complexity index is 449. The summed E-state index contributed by atoms with van der Waals surface area (Å²) in [5.74, 6) is 0.683. The maximum absolute atomic E-state index is 12.2. The molecular weight excluding hydrogens is 276 g/mol. The van der Waals surface area contributed by atoms with E-state index in [2.05, 4.69) is 5.32 Å². The molecule has 112 valence electrons. The average molecular weight is 299 g/mol. The molecule has 0 saturated heterocycles. The molecule has 1 N–H and O–H groups in total. The van der Waals surface area contributed by atoms with Crippen LogP contribution in [-0.4, -0.2) is 43.1 Å². The molecule has 0 bridgehead atoms. The second-order valence-electron chi connectivity index (χ2n) is 5.16. The van der Waals surface area contributed by atoms with Crippen LogP contribution in [0, 0.1) is 0 Å². The first-order chi connectivity index (χ1) is 9.38. The second kappa shape index (κ2) is 7.50. The number of halogens is 1. The summed E-state index contributed by atoms with van der Waals surface area (Å²) in [4.78, 5) is 13.9. The van der Waals surface area contributed by atoms with Gasteiger partial charge in [0.15, 0.2) is 0 Å². The standard InChI is InChI=1S/C15H23ClN2O2/c1-5-17-15(2,3)14(19)18(4)10-11-20-13-9-7-6-8-12(13)16/h6-9,17H,5,10-11H2,1-4H3. The Hall–Kier alpha value is -1.26. The molecule has 0 heterocycles. The summed E-state index contributed by atoms with van der Waals surface area (Å²) in [6, 6.07) is 7.31. The van der Waals surface area contributed by atoms with Crippen molar-refractivity contribution >= 4 is 17.5 Å². The lowest BCUT2D eigenvalue weighted by Crippen LogP contribution is -2.53. The number of nitrogens with zero attached hydrogens (tertiary/aromatic N) is 1. The fourth-order valence-electron chi connectivity index (χ4n) is 1.95. The van der Waals surface area contributed by atoms with Crippen molar-refractivity contribution in [2.24, 2.45) is 0 Å². The number of hydrogen-bond donors (Lipinski definition) is 1. The minimum Gasteiger partial charge on any atom is -0.490 e. The van der Waals surface area contributed by atoms with E-state index in [-0.39, 0.29) is 5.91 Å². The lowest BCUT2D eigenvalue weighted by atomic mass is 10.0. The predicted molar refractivity (Wildman–Crippen MR) is 82.3 cm³/mol. The number of likely N-dealkylation sites (N-methyl/N-ethyl adjacent to an activating group) is 2. The molecule has 0 atom stereocenters. The van der Waals surface area contributed by atoms with Gasteiger partial charge in [-0.1, -0.05) is 30.7 Å². The zero-order valence-electron chi connectivity index (χ0n) is 12.6. The van der Waals surface area contributed by atoms with E-state index in [1.807, 2.05) is 39.0 Å². The first kappa shape index (κ1) is 16.8. The molecule has 1 amide bonds. The van der Waals surface area contributed by atoms with Crippen LogP contribution in [0.1, 0.15) is 20.8 Å². The predicted octanol–water partition coefficient (Wildman–Crippen LogP) is 2.57. The van der Waals surface area contributed by atoms with Crippen molar-refractivity contribution in [1.29, 1.82) is 0 Å². The van der Waals surface area contributed by atoms with E-state index in [9.17, 15) is 4.79 Å². The lowest BCUT2D eigenvalue weighted by molar-refractivity contribution is -0.136. The van der Waals surface area contributed by atoms with Crippen molar-refractivity contribution in [3.05, 3.63) is 29.3 Å². The maximum Gasteiger partial charge on any atom is 0.242 e. The normalized spacial score (nSPS) is 11.2. The highest BCUT2D eigenvalue weighted by molar-refractivity contribution is 6.32. The van der Waals surface area contributed by atoms with Crippen LogP contribution in [0.3, 0.4) is 0 Å². The first-order valence-electron chi connectivity index (χ1n) is 6.76. The summed E-state index contributed by atoms with van der Waals surface area (Å²) in [5, 5.41) is 3.74. The van der Waals surface area contributed by atoms with Gasteiger partial charge < -0.3 is 15.0 Å². The Kier molecular flexibility index (Phi) is 6.30. The largest absolute Gasteiger partial charge is 0.490 e. The fraction of sp³-hybridized carbons (Fsp3) is 0.533. The highest BCUT2D eigenvalue weighted by Crippen LogP contribution is 2.22. The molecular formula is C15H23ClN2O2. The van der Waals surface area contributed by atoms with Crippen LogP contribution in [0.25, 0.3) is 0 Å². The fourth-order valence-corrected chi connectivity index (χ4v) is 2.14. The van der Waals surface area contributed by atoms with Gasteiger partial charge in [0.05, 0.1) is 17.1 Å². The van der Waals surface area contributed by atoms with Gasteiger partial charge in [-0.15, -0.1) is 0 Å². The summed E-state index contributed by atoms with van der Waals surface area (Å²) in [6.45, 7) is 7.42. The zero-order valence-corrected chi connectivity index (χ0v) is 13.3. The van der Waals surface area contributed by atoms with Crippen LogP contribution < -0.4 is 10.1 Å². The minimum atomic E-state index is -0.562. The Morgan fingerprint density at radius 2 is 2.05 bits per heavy atom. The van der Waals surface area contributed by atoms with Gasteiger partial charge in [0, 0.05) is 7.05 Å². The number of carbonyl (C=O) groups excluding carboxylic acids is 1. The number of benzene rings is 1. The summed E-state index contributed by atoms with van der Waals surface area (Å²) in [5.41, 5.74) is -0.562. The number of carbonyl (C=O) groups is 1. The number of amides is 1. The molecule has 0 aliphatic heterocycles. The monoisotopic (exact) mass is 298 g/mol. The number of rotatable bonds is 7. The molecule has 0 saturated carbocycles. The van der Waals surface area contributed by atoms with E-state index in [1.165, 1.54) is 0 Å². The molecule has 0 aliphatic carbocycles. The third kappa shape index (κ3) is 4.69. The first-order valence-corrected chi connectivity index (χ1v) is 7.14. The smallest absolute Gasteiger partial charge is 0.242 e. The molecule has 0 aliphatic rings. The van der Waals surface area contributed by atoms with Crippen molar-refractivity contribution in [3.63, 3.8) is 0 Å². The molecule has 0 fully saturated rings. The van der Waals surface area contributed by atoms with Crippen LogP contribution >= 0.6 is 11.6 Å². The van der Waals surface area contributed by atoms with Crippen molar-refractivity contribution in [2.45, 2.75) is 26.3 Å². The van der Waals surface area contributed by atoms with E-state index < -0.39 is 5.54 Å². The van der Waals surface area contributed by atoms with Gasteiger partial charge in [-0.2, -0.15) is 0 Å². The third-order valence-corrected chi connectivity index (χ3v) is 3.33. The van der Waals surface area contributed by atoms with Gasteiger partial charge in [0.2, 0.25) is 5.91 Å². The van der Waals surface area contributed by atoms with Gasteiger partial charge in [0.25, 0.3) is 0 Å². The lowest BCUT2D eigenvalue weighted by Gasteiger charge is -2.30. The van der Waals surface area contributed by atoms with Crippen LogP contribution in [-0.2, 0) is 4.79 Å². The molecule has 20 heavy (non-hydrogen) atoms. The van der Waals surface area contributed by atoms with Crippen LogP contribution in [0.4, 0.5) is 0 Å². The molecule has 5 heteroatoms. The number of nitrogens with one attached hydrogen (secondary N) is 1. The van der Waals surface area contributed by atoms with E-state index in [1.54, 1.807) is 18.0 Å². The van der Waals surface area contributed by atoms with Gasteiger partial charge in [-0.3, -0.25) is 4.79 Å². The topological polar surface area (TPSA) is 41.6 Å². The Morgan fingerprint density at radius 1 is 1.40 bits per heavy atom. The van der Waals surface area contributed by atoms with Crippen LogP contribution in [0.5, 0.6) is 5.75 Å². The SMILES string of the molecule is CCNC(C)(C)C(=O)N(C)CCOc1ccccc1Cl. The average Bonchev–Trinajstić information content (AvgIpc) is 2.40. The van der Waals surface area contributed by atoms with Crippen molar-refractivity contribution in [2.75, 3.05) is 26.7 Å². The number of ether oxygens (including phenoxy) is 1. The van der Waals surface area contributed by atoms with Crippen LogP contribution in [0.2, 0.25) is 5.02 Å². The molecule has 0 aromatic heterocycles. The number of hydrogen-bond acceptors (Lipinski definition) is 3. The quantitative estimate of drug-likeness (QED) is 0.841. The van der Waals surface area contributed by atoms with Crippen molar-refractivity contribution < 1.29 is 9.53 Å². The number of para-hydroxylation sites is 1. The Labute approximate surface area is 126 Å². The molecule has 1 rings (SSSR count). The van der Waals surface area contributed by atoms with E-state index in [0.29, 0.717) is 23.9 Å². The molecule has 4 nitrogen and oxygen atoms in total. The van der Waals surface area contributed by atoms with Crippen molar-refractivity contribution in [3.8, 4) is 5.75 Å². The summed E-state index contributed by atoms with van der Waals surface area (Å²) in [7, 11) is 1.78. The Morgan fingerprint density at radius 3 is 2.65 bits per heavy atom. The maximum atomic E-state index is 12.2. The molecule has 0 radical (unpaired) electrons. The molecule has 1 aromatic rings. The summed E-state index contributed by atoms with van der Waals surface area (Å²) >= 11 is 6.00. The molecule has 1 aromatic carbocycles. The molecule has 0 unspecified atom stereocenters. The third-order valence-electron chi connectivity index (χ3n) is 3.02. The summed E-state index contributed by atoms with van der Waals surface area (Å²) < 4.78 is 5.58. The zero-order chi connectivity index (χ0) is 15.2. The molecule has 0 spiro atoms. The van der Waals surface area contributed by atoms with E-state index in [0.717, 1.165) is 6.54 Å². The van der Waals surface area contributed by atoms with E-state index >= 15 is 0 Å². The Balaban J connectivity index is 2.46. The van der Waals surface area contributed by atoms with Gasteiger partial charge in [0.1, 0.15) is 12.4 Å². The van der Waals surface area contributed by atoms with Gasteiger partial charge in [-0.05, 0) is 32.5 Å². The highest BCUT2D eigenvalue weighted by atomic mass is 35.5. The van der Waals surface area contributed by atoms with E-state index in [4.69, 9.17) is 16.3 Å². The highest BCUT2D eigenvalue weighted by Gasteiger charge is 2.28. The second-order valence-corrected chi connectivity index (χ2v) is 5.57. The summed E-state index contributed by atoms with van der Waals surface area (Å²) in [6.07, 6.45) is 0. The van der Waals surface area contributed by atoms with Gasteiger partial charge in [-0.25, -0.2) is 0 Å². The van der Waals surface area contributed by atoms with Crippen molar-refractivity contribution in [1.82, 2.24) is 10.2 Å². The van der Waals surface area contributed by atoms with Gasteiger partial charge >= 0.3 is 0 Å².